The largest absolute Gasteiger partial charge is 0.411 e. The Balaban J connectivity index is 2.17. The van der Waals surface area contributed by atoms with Crippen LogP contribution < -0.4 is 0 Å². The number of aromatic nitrogens is 3. The molecule has 1 fully saturated rings. The molecular formula is C10H16N4O. The average Bonchev–Trinajstić information content (AvgIpc) is 2.71. The van der Waals surface area contributed by atoms with E-state index >= 15 is 0 Å². The molecule has 1 saturated carbocycles. The van der Waals surface area contributed by atoms with E-state index in [1.165, 1.54) is 19.3 Å². The van der Waals surface area contributed by atoms with E-state index in [0.717, 1.165) is 25.0 Å². The second kappa shape index (κ2) is 4.91. The van der Waals surface area contributed by atoms with Crippen LogP contribution in [0.3, 0.4) is 0 Å². The standard InChI is InChI=1S/C10H16N4O/c15-13-9-5-3-1-2-4-6-10(9)14-7-11-12-8-14/h7-8,10,15H,1-6H2/b13-9+. The second-order valence-corrected chi connectivity index (χ2v) is 3.97. The van der Waals surface area contributed by atoms with Crippen molar-refractivity contribution in [3.8, 4) is 0 Å². The molecule has 1 aromatic rings. The van der Waals surface area contributed by atoms with Crippen molar-refractivity contribution in [3.63, 3.8) is 0 Å². The number of nitrogens with zero attached hydrogens (tertiary/aromatic N) is 4. The number of rotatable bonds is 1. The minimum Gasteiger partial charge on any atom is -0.411 e. The first-order chi connectivity index (χ1) is 7.42. The molecule has 1 aliphatic rings. The van der Waals surface area contributed by atoms with Crippen molar-refractivity contribution in [3.05, 3.63) is 12.7 Å². The molecule has 1 aliphatic carbocycles. The first kappa shape index (κ1) is 10.1. The molecule has 1 aromatic heterocycles. The Kier molecular flexibility index (Phi) is 3.32. The van der Waals surface area contributed by atoms with E-state index in [2.05, 4.69) is 15.4 Å². The SMILES string of the molecule is O/N=C1\CCCCCCC1n1cnnc1. The van der Waals surface area contributed by atoms with E-state index in [1.54, 1.807) is 12.7 Å². The van der Waals surface area contributed by atoms with Gasteiger partial charge in [0.05, 0.1) is 11.8 Å². The first-order valence-corrected chi connectivity index (χ1v) is 5.47. The molecule has 1 unspecified atom stereocenters. The van der Waals surface area contributed by atoms with Crippen molar-refractivity contribution in [1.82, 2.24) is 14.8 Å². The van der Waals surface area contributed by atoms with Gasteiger partial charge in [-0.1, -0.05) is 24.4 Å². The number of hydrogen-bond acceptors (Lipinski definition) is 4. The highest BCUT2D eigenvalue weighted by atomic mass is 16.4. The van der Waals surface area contributed by atoms with Crippen LogP contribution in [0, 0.1) is 0 Å². The second-order valence-electron chi connectivity index (χ2n) is 3.97. The summed E-state index contributed by atoms with van der Waals surface area (Å²) in [6.45, 7) is 0. The van der Waals surface area contributed by atoms with E-state index in [1.807, 2.05) is 4.57 Å². The normalized spacial score (nSPS) is 26.1. The molecule has 0 aliphatic heterocycles. The molecule has 0 amide bonds. The van der Waals surface area contributed by atoms with Crippen molar-refractivity contribution in [2.75, 3.05) is 0 Å². The molecule has 0 radical (unpaired) electrons. The molecule has 1 N–H and O–H groups in total. The Labute approximate surface area is 88.8 Å². The van der Waals surface area contributed by atoms with Gasteiger partial charge >= 0.3 is 0 Å². The third-order valence-electron chi connectivity index (χ3n) is 2.97. The smallest absolute Gasteiger partial charge is 0.119 e. The summed E-state index contributed by atoms with van der Waals surface area (Å²) >= 11 is 0. The van der Waals surface area contributed by atoms with E-state index in [4.69, 9.17) is 5.21 Å². The minimum absolute atomic E-state index is 0.144. The molecule has 0 saturated heterocycles. The van der Waals surface area contributed by atoms with Crippen molar-refractivity contribution >= 4 is 5.71 Å². The third-order valence-corrected chi connectivity index (χ3v) is 2.97. The molecule has 2 rings (SSSR count). The molecule has 0 bridgehead atoms. The zero-order valence-corrected chi connectivity index (χ0v) is 8.71. The third kappa shape index (κ3) is 2.34. The lowest BCUT2D eigenvalue weighted by molar-refractivity contribution is 0.310. The highest BCUT2D eigenvalue weighted by Gasteiger charge is 2.19. The van der Waals surface area contributed by atoms with E-state index in [0.29, 0.717) is 0 Å². The van der Waals surface area contributed by atoms with Gasteiger partial charge in [-0.05, 0) is 19.3 Å². The fourth-order valence-electron chi connectivity index (χ4n) is 2.14. The molecule has 5 heteroatoms. The molecular weight excluding hydrogens is 192 g/mol. The predicted octanol–water partition coefficient (Wildman–Crippen LogP) is 2.00. The highest BCUT2D eigenvalue weighted by Crippen LogP contribution is 2.24. The topological polar surface area (TPSA) is 63.3 Å². The van der Waals surface area contributed by atoms with Crippen LogP contribution in [0.15, 0.2) is 17.8 Å². The van der Waals surface area contributed by atoms with E-state index in [9.17, 15) is 0 Å². The molecule has 0 spiro atoms. The Morgan fingerprint density at radius 1 is 1.20 bits per heavy atom. The average molecular weight is 208 g/mol. The highest BCUT2D eigenvalue weighted by molar-refractivity contribution is 5.87. The van der Waals surface area contributed by atoms with Crippen LogP contribution in [0.1, 0.15) is 44.6 Å². The zero-order valence-electron chi connectivity index (χ0n) is 8.71. The van der Waals surface area contributed by atoms with E-state index in [-0.39, 0.29) is 6.04 Å². The van der Waals surface area contributed by atoms with Gasteiger partial charge in [0.2, 0.25) is 0 Å². The lowest BCUT2D eigenvalue weighted by Crippen LogP contribution is -2.20. The summed E-state index contributed by atoms with van der Waals surface area (Å²) in [6, 6.07) is 0.144. The zero-order chi connectivity index (χ0) is 10.5. The predicted molar refractivity (Wildman–Crippen MR) is 56.0 cm³/mol. The van der Waals surface area contributed by atoms with Gasteiger partial charge in [0.25, 0.3) is 0 Å². The molecule has 0 aromatic carbocycles. The molecule has 5 nitrogen and oxygen atoms in total. The lowest BCUT2D eigenvalue weighted by Gasteiger charge is -2.21. The van der Waals surface area contributed by atoms with Gasteiger partial charge < -0.3 is 9.77 Å². The molecule has 15 heavy (non-hydrogen) atoms. The Morgan fingerprint density at radius 3 is 2.67 bits per heavy atom. The van der Waals surface area contributed by atoms with Crippen molar-refractivity contribution < 1.29 is 5.21 Å². The Hall–Kier alpha value is -1.39. The van der Waals surface area contributed by atoms with Gasteiger partial charge in [0, 0.05) is 0 Å². The van der Waals surface area contributed by atoms with Gasteiger partial charge in [-0.2, -0.15) is 0 Å². The summed E-state index contributed by atoms with van der Waals surface area (Å²) in [5.41, 5.74) is 0.856. The fourth-order valence-corrected chi connectivity index (χ4v) is 2.14. The number of oxime groups is 1. The molecule has 82 valence electrons. The maximum absolute atomic E-state index is 9.01. The van der Waals surface area contributed by atoms with E-state index < -0.39 is 0 Å². The summed E-state index contributed by atoms with van der Waals surface area (Å²) < 4.78 is 1.93. The fraction of sp³-hybridized carbons (Fsp3) is 0.700. The Morgan fingerprint density at radius 2 is 1.93 bits per heavy atom. The van der Waals surface area contributed by atoms with Crippen LogP contribution in [-0.2, 0) is 0 Å². The van der Waals surface area contributed by atoms with Crippen molar-refractivity contribution in [2.45, 2.75) is 44.6 Å². The monoisotopic (exact) mass is 208 g/mol. The van der Waals surface area contributed by atoms with Crippen LogP contribution in [0.5, 0.6) is 0 Å². The van der Waals surface area contributed by atoms with Gasteiger partial charge in [0.1, 0.15) is 12.7 Å². The summed E-state index contributed by atoms with van der Waals surface area (Å²) in [5.74, 6) is 0. The minimum atomic E-state index is 0.144. The van der Waals surface area contributed by atoms with Gasteiger partial charge in [-0.25, -0.2) is 0 Å². The summed E-state index contributed by atoms with van der Waals surface area (Å²) in [4.78, 5) is 0. The van der Waals surface area contributed by atoms with Gasteiger partial charge in [-0.3, -0.25) is 0 Å². The van der Waals surface area contributed by atoms with Crippen molar-refractivity contribution in [1.29, 1.82) is 0 Å². The lowest BCUT2D eigenvalue weighted by atomic mass is 9.95. The van der Waals surface area contributed by atoms with Crippen LogP contribution in [0.4, 0.5) is 0 Å². The van der Waals surface area contributed by atoms with Crippen LogP contribution >= 0.6 is 0 Å². The summed E-state index contributed by atoms with van der Waals surface area (Å²) in [5, 5.41) is 20.0. The van der Waals surface area contributed by atoms with Crippen LogP contribution in [0.25, 0.3) is 0 Å². The maximum atomic E-state index is 9.01. The Bertz CT molecular complexity index is 320. The molecule has 1 atom stereocenters. The summed E-state index contributed by atoms with van der Waals surface area (Å²) in [6.07, 6.45) is 10.0. The summed E-state index contributed by atoms with van der Waals surface area (Å²) in [7, 11) is 0. The van der Waals surface area contributed by atoms with Crippen LogP contribution in [-0.4, -0.2) is 25.7 Å². The maximum Gasteiger partial charge on any atom is 0.119 e. The number of hydrogen-bond donors (Lipinski definition) is 1. The molecule has 1 heterocycles. The first-order valence-electron chi connectivity index (χ1n) is 5.47. The van der Waals surface area contributed by atoms with Gasteiger partial charge in [0.15, 0.2) is 0 Å². The quantitative estimate of drug-likeness (QED) is 0.567. The van der Waals surface area contributed by atoms with Crippen molar-refractivity contribution in [2.24, 2.45) is 5.16 Å². The van der Waals surface area contributed by atoms with Crippen LogP contribution in [0.2, 0.25) is 0 Å². The van der Waals surface area contributed by atoms with Gasteiger partial charge in [-0.15, -0.1) is 10.2 Å².